The maximum absolute atomic E-state index is 12.7. The van der Waals surface area contributed by atoms with Crippen molar-refractivity contribution >= 4 is 23.3 Å². The summed E-state index contributed by atoms with van der Waals surface area (Å²) in [6.07, 6.45) is 0.816. The molecule has 0 fully saturated rings. The first-order valence-electron chi connectivity index (χ1n) is 8.72. The van der Waals surface area contributed by atoms with E-state index in [1.165, 1.54) is 0 Å². The van der Waals surface area contributed by atoms with Crippen molar-refractivity contribution in [3.05, 3.63) is 76.5 Å². The van der Waals surface area contributed by atoms with Crippen molar-refractivity contribution in [3.8, 4) is 0 Å². The summed E-state index contributed by atoms with van der Waals surface area (Å²) in [5, 5.41) is 9.35. The van der Waals surface area contributed by atoms with Gasteiger partial charge in [0.05, 0.1) is 0 Å². The van der Waals surface area contributed by atoms with Gasteiger partial charge in [-0.2, -0.15) is 0 Å². The number of amides is 2. The highest BCUT2D eigenvalue weighted by atomic mass is 16.5. The highest BCUT2D eigenvalue weighted by molar-refractivity contribution is 6.08. The van der Waals surface area contributed by atoms with Crippen molar-refractivity contribution in [2.24, 2.45) is 0 Å². The van der Waals surface area contributed by atoms with Crippen molar-refractivity contribution in [2.45, 2.75) is 27.2 Å². The van der Waals surface area contributed by atoms with E-state index in [9.17, 15) is 9.59 Å². The van der Waals surface area contributed by atoms with Crippen molar-refractivity contribution in [3.63, 3.8) is 0 Å². The Morgan fingerprint density at radius 3 is 2.26 bits per heavy atom. The number of para-hydroxylation sites is 1. The summed E-state index contributed by atoms with van der Waals surface area (Å²) < 4.78 is 4.93. The first-order chi connectivity index (χ1) is 13.0. The molecule has 0 aliphatic heterocycles. The Bertz CT molecular complexity index is 992. The van der Waals surface area contributed by atoms with E-state index in [0.717, 1.165) is 23.2 Å². The van der Waals surface area contributed by atoms with Gasteiger partial charge in [-0.3, -0.25) is 9.59 Å². The minimum Gasteiger partial charge on any atom is -0.360 e. The molecule has 1 aromatic heterocycles. The van der Waals surface area contributed by atoms with Gasteiger partial charge in [0, 0.05) is 22.9 Å². The second-order valence-corrected chi connectivity index (χ2v) is 6.27. The smallest absolute Gasteiger partial charge is 0.256 e. The molecule has 0 spiro atoms. The van der Waals surface area contributed by atoms with Gasteiger partial charge in [0.2, 0.25) is 0 Å². The predicted octanol–water partition coefficient (Wildman–Crippen LogP) is 4.36. The fraction of sp³-hybridized carbons (Fsp3) is 0.190. The molecule has 2 amide bonds. The molecular formula is C21H21N3O3. The number of carbonyl (C=O) groups excluding carboxylic acids is 2. The number of aryl methyl sites for hydroxylation is 3. The number of nitrogens with one attached hydrogen (secondary N) is 2. The Kier molecular flexibility index (Phi) is 5.35. The van der Waals surface area contributed by atoms with Crippen molar-refractivity contribution in [2.75, 3.05) is 10.6 Å². The fourth-order valence-corrected chi connectivity index (χ4v) is 2.80. The van der Waals surface area contributed by atoms with Crippen LogP contribution in [0.1, 0.15) is 44.5 Å². The van der Waals surface area contributed by atoms with E-state index in [-0.39, 0.29) is 11.8 Å². The van der Waals surface area contributed by atoms with Gasteiger partial charge in [-0.05, 0) is 49.6 Å². The van der Waals surface area contributed by atoms with Crippen LogP contribution in [0.4, 0.5) is 11.5 Å². The normalized spacial score (nSPS) is 10.5. The van der Waals surface area contributed by atoms with E-state index < -0.39 is 0 Å². The summed E-state index contributed by atoms with van der Waals surface area (Å²) in [5.41, 5.74) is 3.66. The Hall–Kier alpha value is -3.41. The molecule has 0 atom stereocenters. The quantitative estimate of drug-likeness (QED) is 0.705. The molecule has 2 N–H and O–H groups in total. The molecule has 0 saturated carbocycles. The SMILES string of the molecule is CCc1cccc(C)c1NC(=O)c1cccc(C(=O)Nc2cc(C)on2)c1. The summed E-state index contributed by atoms with van der Waals surface area (Å²) in [6, 6.07) is 14.1. The van der Waals surface area contributed by atoms with Gasteiger partial charge in [0.1, 0.15) is 5.76 Å². The molecule has 6 heteroatoms. The van der Waals surface area contributed by atoms with Gasteiger partial charge >= 0.3 is 0 Å². The molecule has 6 nitrogen and oxygen atoms in total. The Morgan fingerprint density at radius 1 is 0.963 bits per heavy atom. The maximum Gasteiger partial charge on any atom is 0.256 e. The van der Waals surface area contributed by atoms with Crippen molar-refractivity contribution < 1.29 is 14.1 Å². The minimum absolute atomic E-state index is 0.258. The number of carbonyl (C=O) groups is 2. The van der Waals surface area contributed by atoms with E-state index in [0.29, 0.717) is 22.7 Å². The lowest BCUT2D eigenvalue weighted by Gasteiger charge is -2.13. The summed E-state index contributed by atoms with van der Waals surface area (Å²) >= 11 is 0. The van der Waals surface area contributed by atoms with Gasteiger partial charge < -0.3 is 15.2 Å². The average Bonchev–Trinajstić information content (AvgIpc) is 3.08. The number of aromatic nitrogens is 1. The molecule has 27 heavy (non-hydrogen) atoms. The zero-order valence-corrected chi connectivity index (χ0v) is 15.5. The Morgan fingerprint density at radius 2 is 1.63 bits per heavy atom. The molecular weight excluding hydrogens is 342 g/mol. The lowest BCUT2D eigenvalue weighted by Crippen LogP contribution is -2.16. The van der Waals surface area contributed by atoms with Crippen molar-refractivity contribution in [1.82, 2.24) is 5.16 Å². The zero-order valence-electron chi connectivity index (χ0n) is 15.5. The third-order valence-electron chi connectivity index (χ3n) is 4.24. The first kappa shape index (κ1) is 18.4. The average molecular weight is 363 g/mol. The zero-order chi connectivity index (χ0) is 19.4. The minimum atomic E-state index is -0.358. The number of rotatable bonds is 5. The number of nitrogens with zero attached hydrogens (tertiary/aromatic N) is 1. The molecule has 0 aliphatic carbocycles. The fourth-order valence-electron chi connectivity index (χ4n) is 2.80. The van der Waals surface area contributed by atoms with Gasteiger partial charge in [0.25, 0.3) is 11.8 Å². The van der Waals surface area contributed by atoms with Crippen LogP contribution < -0.4 is 10.6 Å². The third-order valence-corrected chi connectivity index (χ3v) is 4.24. The van der Waals surface area contributed by atoms with E-state index in [2.05, 4.69) is 15.8 Å². The van der Waals surface area contributed by atoms with Crippen LogP contribution in [-0.2, 0) is 6.42 Å². The largest absolute Gasteiger partial charge is 0.360 e. The highest BCUT2D eigenvalue weighted by Gasteiger charge is 2.14. The summed E-state index contributed by atoms with van der Waals surface area (Å²) in [4.78, 5) is 25.1. The molecule has 0 aliphatic rings. The maximum atomic E-state index is 12.7. The van der Waals surface area contributed by atoms with E-state index in [1.807, 2.05) is 32.0 Å². The highest BCUT2D eigenvalue weighted by Crippen LogP contribution is 2.22. The van der Waals surface area contributed by atoms with Gasteiger partial charge in [-0.15, -0.1) is 0 Å². The van der Waals surface area contributed by atoms with Crippen LogP contribution in [0.25, 0.3) is 0 Å². The van der Waals surface area contributed by atoms with Crippen LogP contribution in [0.5, 0.6) is 0 Å². The van der Waals surface area contributed by atoms with E-state index >= 15 is 0 Å². The van der Waals surface area contributed by atoms with Gasteiger partial charge in [-0.1, -0.05) is 36.3 Å². The summed E-state index contributed by atoms with van der Waals surface area (Å²) in [7, 11) is 0. The number of hydrogen-bond donors (Lipinski definition) is 2. The number of hydrogen-bond acceptors (Lipinski definition) is 4. The predicted molar refractivity (Wildman–Crippen MR) is 104 cm³/mol. The lowest BCUT2D eigenvalue weighted by atomic mass is 10.0. The molecule has 0 unspecified atom stereocenters. The third kappa shape index (κ3) is 4.23. The molecule has 0 radical (unpaired) electrons. The van der Waals surface area contributed by atoms with Crippen LogP contribution in [0.3, 0.4) is 0 Å². The van der Waals surface area contributed by atoms with Crippen LogP contribution in [0.2, 0.25) is 0 Å². The monoisotopic (exact) mass is 363 g/mol. The summed E-state index contributed by atoms with van der Waals surface area (Å²) in [6.45, 7) is 5.74. The van der Waals surface area contributed by atoms with E-state index in [1.54, 1.807) is 37.3 Å². The molecule has 0 saturated heterocycles. The molecule has 138 valence electrons. The van der Waals surface area contributed by atoms with Crippen LogP contribution in [0, 0.1) is 13.8 Å². The Labute approximate surface area is 157 Å². The second kappa shape index (κ2) is 7.86. The van der Waals surface area contributed by atoms with Crippen LogP contribution in [0.15, 0.2) is 53.1 Å². The number of benzene rings is 2. The number of anilines is 2. The topological polar surface area (TPSA) is 84.2 Å². The van der Waals surface area contributed by atoms with Gasteiger partial charge in [-0.25, -0.2) is 0 Å². The molecule has 1 heterocycles. The second-order valence-electron chi connectivity index (χ2n) is 6.27. The van der Waals surface area contributed by atoms with Crippen LogP contribution >= 0.6 is 0 Å². The first-order valence-corrected chi connectivity index (χ1v) is 8.72. The van der Waals surface area contributed by atoms with Gasteiger partial charge in [0.15, 0.2) is 5.82 Å². The molecule has 2 aromatic carbocycles. The molecule has 3 aromatic rings. The summed E-state index contributed by atoms with van der Waals surface area (Å²) in [5.74, 6) is 0.317. The lowest BCUT2D eigenvalue weighted by molar-refractivity contribution is 0.102. The molecule has 3 rings (SSSR count). The standard InChI is InChI=1S/C21H21N3O3/c1-4-15-8-5-7-13(2)19(15)23-21(26)17-10-6-9-16(12-17)20(25)22-18-11-14(3)27-24-18/h5-12H,4H2,1-3H3,(H,23,26)(H,22,24,25). The van der Waals surface area contributed by atoms with Crippen molar-refractivity contribution in [1.29, 1.82) is 0 Å². The molecule has 0 bridgehead atoms. The van der Waals surface area contributed by atoms with E-state index in [4.69, 9.17) is 4.52 Å². The van der Waals surface area contributed by atoms with Crippen LogP contribution in [-0.4, -0.2) is 17.0 Å². The Balaban J connectivity index is 1.79.